The second kappa shape index (κ2) is 6.18. The van der Waals surface area contributed by atoms with Crippen molar-refractivity contribution in [3.8, 4) is 11.1 Å². The van der Waals surface area contributed by atoms with Crippen LogP contribution in [0.15, 0.2) is 42.3 Å². The average Bonchev–Trinajstić information content (AvgIpc) is 3.22. The minimum absolute atomic E-state index is 0.0139. The van der Waals surface area contributed by atoms with Crippen LogP contribution in [0.5, 0.6) is 0 Å². The van der Waals surface area contributed by atoms with E-state index in [4.69, 9.17) is 0 Å². The molecule has 4 rings (SSSR count). The van der Waals surface area contributed by atoms with Crippen LogP contribution in [0, 0.1) is 13.8 Å². The predicted molar refractivity (Wildman–Crippen MR) is 95.8 cm³/mol. The van der Waals surface area contributed by atoms with Gasteiger partial charge in [-0.15, -0.1) is 21.5 Å². The summed E-state index contributed by atoms with van der Waals surface area (Å²) in [5.74, 6) is -0.0139. The molecule has 0 N–H and O–H groups in total. The van der Waals surface area contributed by atoms with Crippen molar-refractivity contribution in [3.63, 3.8) is 0 Å². The molecule has 4 aromatic heterocycles. The number of hydrogen-bond acceptors (Lipinski definition) is 6. The first kappa shape index (κ1) is 15.6. The van der Waals surface area contributed by atoms with E-state index in [9.17, 15) is 4.79 Å². The number of rotatable bonds is 4. The van der Waals surface area contributed by atoms with Crippen LogP contribution >= 0.6 is 11.3 Å². The van der Waals surface area contributed by atoms with Gasteiger partial charge in [-0.3, -0.25) is 14.2 Å². The Balaban J connectivity index is 1.79. The van der Waals surface area contributed by atoms with Crippen LogP contribution < -0.4 is 0 Å². The Labute approximate surface area is 148 Å². The van der Waals surface area contributed by atoms with Gasteiger partial charge in [-0.1, -0.05) is 0 Å². The molecule has 0 bridgehead atoms. The van der Waals surface area contributed by atoms with E-state index >= 15 is 0 Å². The zero-order chi connectivity index (χ0) is 17.4. The largest absolute Gasteiger partial charge is 0.294 e. The molecule has 0 spiro atoms. The Kier molecular flexibility index (Phi) is 3.85. The van der Waals surface area contributed by atoms with Crippen molar-refractivity contribution in [2.24, 2.45) is 0 Å². The molecule has 0 aliphatic rings. The summed E-state index contributed by atoms with van der Waals surface area (Å²) < 4.78 is 1.78. The van der Waals surface area contributed by atoms with Crippen molar-refractivity contribution >= 4 is 22.8 Å². The van der Waals surface area contributed by atoms with Crippen molar-refractivity contribution < 1.29 is 4.79 Å². The standard InChI is InChI=1S/C18H15N5OS/c1-11-5-13(3-4-19-11)14-6-15(18-22-20-10-23(18)8-14)16(24)7-17-21-12(2)9-25-17/h3-6,8-10H,7H2,1-2H3. The molecule has 0 saturated carbocycles. The number of aromatic nitrogens is 5. The molecule has 0 fully saturated rings. The second-order valence-electron chi connectivity index (χ2n) is 5.87. The Bertz CT molecular complexity index is 1080. The van der Waals surface area contributed by atoms with Gasteiger partial charge in [-0.2, -0.15) is 0 Å². The fourth-order valence-electron chi connectivity index (χ4n) is 2.74. The third kappa shape index (κ3) is 3.06. The van der Waals surface area contributed by atoms with Crippen molar-refractivity contribution in [2.45, 2.75) is 20.3 Å². The number of carbonyl (C=O) groups is 1. The number of aryl methyl sites for hydroxylation is 2. The highest BCUT2D eigenvalue weighted by atomic mass is 32.1. The maximum absolute atomic E-state index is 12.9. The van der Waals surface area contributed by atoms with Crippen molar-refractivity contribution in [3.05, 3.63) is 64.3 Å². The highest BCUT2D eigenvalue weighted by molar-refractivity contribution is 7.09. The molecule has 4 aromatic rings. The molecule has 0 amide bonds. The van der Waals surface area contributed by atoms with E-state index in [1.54, 1.807) is 16.9 Å². The highest BCUT2D eigenvalue weighted by Gasteiger charge is 2.17. The predicted octanol–water partition coefficient (Wildman–Crippen LogP) is 3.29. The fourth-order valence-corrected chi connectivity index (χ4v) is 3.51. The van der Waals surface area contributed by atoms with Crippen molar-refractivity contribution in [2.75, 3.05) is 0 Å². The summed E-state index contributed by atoms with van der Waals surface area (Å²) in [5, 5.41) is 10.8. The third-order valence-electron chi connectivity index (χ3n) is 3.90. The minimum atomic E-state index is -0.0139. The van der Waals surface area contributed by atoms with Gasteiger partial charge in [0, 0.05) is 29.2 Å². The van der Waals surface area contributed by atoms with Crippen LogP contribution in [0.1, 0.15) is 26.8 Å². The number of ketones is 1. The number of pyridine rings is 2. The number of carbonyl (C=O) groups excluding carboxylic acids is 1. The molecule has 6 nitrogen and oxygen atoms in total. The van der Waals surface area contributed by atoms with Gasteiger partial charge in [-0.25, -0.2) is 4.98 Å². The van der Waals surface area contributed by atoms with Gasteiger partial charge >= 0.3 is 0 Å². The van der Waals surface area contributed by atoms with Crippen LogP contribution in [0.4, 0.5) is 0 Å². The van der Waals surface area contributed by atoms with Crippen molar-refractivity contribution in [1.29, 1.82) is 0 Å². The summed E-state index contributed by atoms with van der Waals surface area (Å²) in [6, 6.07) is 5.79. The zero-order valence-electron chi connectivity index (χ0n) is 13.8. The maximum atomic E-state index is 12.9. The number of nitrogens with zero attached hydrogens (tertiary/aromatic N) is 5. The summed E-state index contributed by atoms with van der Waals surface area (Å²) >= 11 is 1.50. The van der Waals surface area contributed by atoms with Gasteiger partial charge < -0.3 is 0 Å². The lowest BCUT2D eigenvalue weighted by atomic mass is 10.0. The molecular formula is C18H15N5OS. The topological polar surface area (TPSA) is 73.0 Å². The van der Waals surface area contributed by atoms with Gasteiger partial charge in [0.05, 0.1) is 12.0 Å². The molecule has 7 heteroatoms. The lowest BCUT2D eigenvalue weighted by molar-refractivity contribution is 0.0994. The van der Waals surface area contributed by atoms with Crippen LogP contribution in [0.25, 0.3) is 16.8 Å². The first-order valence-corrected chi connectivity index (χ1v) is 8.69. The maximum Gasteiger partial charge on any atom is 0.173 e. The Morgan fingerprint density at radius 3 is 2.84 bits per heavy atom. The highest BCUT2D eigenvalue weighted by Crippen LogP contribution is 2.24. The van der Waals surface area contributed by atoms with Gasteiger partial charge in [0.25, 0.3) is 0 Å². The number of fused-ring (bicyclic) bond motifs is 1. The molecule has 0 aromatic carbocycles. The first-order chi connectivity index (χ1) is 12.1. The second-order valence-corrected chi connectivity index (χ2v) is 6.82. The zero-order valence-corrected chi connectivity index (χ0v) is 14.6. The molecule has 0 unspecified atom stereocenters. The summed E-state index contributed by atoms with van der Waals surface area (Å²) in [7, 11) is 0. The summed E-state index contributed by atoms with van der Waals surface area (Å²) in [4.78, 5) is 21.5. The van der Waals surface area contributed by atoms with Gasteiger partial charge in [0.1, 0.15) is 11.3 Å². The Morgan fingerprint density at radius 2 is 2.08 bits per heavy atom. The van der Waals surface area contributed by atoms with Crippen LogP contribution in [-0.4, -0.2) is 30.3 Å². The molecule has 0 aliphatic heterocycles. The Hall–Kier alpha value is -2.93. The minimum Gasteiger partial charge on any atom is -0.294 e. The van der Waals surface area contributed by atoms with Gasteiger partial charge in [0.15, 0.2) is 11.4 Å². The lowest BCUT2D eigenvalue weighted by Gasteiger charge is -2.07. The van der Waals surface area contributed by atoms with E-state index in [0.717, 1.165) is 27.5 Å². The van der Waals surface area contributed by atoms with E-state index in [-0.39, 0.29) is 12.2 Å². The normalized spacial score (nSPS) is 11.1. The summed E-state index contributed by atoms with van der Waals surface area (Å²) in [6.07, 6.45) is 5.56. The average molecular weight is 349 g/mol. The van der Waals surface area contributed by atoms with E-state index in [1.807, 2.05) is 43.6 Å². The molecule has 0 atom stereocenters. The van der Waals surface area contributed by atoms with E-state index in [1.165, 1.54) is 11.3 Å². The molecule has 0 aliphatic carbocycles. The molecule has 124 valence electrons. The smallest absolute Gasteiger partial charge is 0.173 e. The molecule has 4 heterocycles. The molecule has 0 radical (unpaired) electrons. The third-order valence-corrected chi connectivity index (χ3v) is 4.87. The quantitative estimate of drug-likeness (QED) is 0.529. The van der Waals surface area contributed by atoms with E-state index in [2.05, 4.69) is 20.2 Å². The Morgan fingerprint density at radius 1 is 1.20 bits per heavy atom. The van der Waals surface area contributed by atoms with E-state index in [0.29, 0.717) is 11.2 Å². The number of hydrogen-bond donors (Lipinski definition) is 0. The van der Waals surface area contributed by atoms with Crippen LogP contribution in [-0.2, 0) is 6.42 Å². The molecule has 0 saturated heterocycles. The van der Waals surface area contributed by atoms with Gasteiger partial charge in [0.2, 0.25) is 0 Å². The summed E-state index contributed by atoms with van der Waals surface area (Å²) in [5.41, 5.74) is 4.90. The molecule has 25 heavy (non-hydrogen) atoms. The van der Waals surface area contributed by atoms with E-state index < -0.39 is 0 Å². The number of thiazole rings is 1. The van der Waals surface area contributed by atoms with Crippen LogP contribution in [0.3, 0.4) is 0 Å². The summed E-state index contributed by atoms with van der Waals surface area (Å²) in [6.45, 7) is 3.87. The monoisotopic (exact) mass is 349 g/mol. The fraction of sp³-hybridized carbons (Fsp3) is 0.167. The first-order valence-electron chi connectivity index (χ1n) is 7.81. The SMILES string of the molecule is Cc1cc(-c2cc(C(=O)Cc3nc(C)cs3)c3nncn3c2)ccn1. The molecular weight excluding hydrogens is 334 g/mol. The number of Topliss-reactive ketones (excluding diaryl/α,β-unsaturated/α-hetero) is 1. The lowest BCUT2D eigenvalue weighted by Crippen LogP contribution is -2.07. The van der Waals surface area contributed by atoms with Gasteiger partial charge in [-0.05, 0) is 43.2 Å². The van der Waals surface area contributed by atoms with Crippen LogP contribution in [0.2, 0.25) is 0 Å². The van der Waals surface area contributed by atoms with Crippen molar-refractivity contribution in [1.82, 2.24) is 24.6 Å².